The van der Waals surface area contributed by atoms with E-state index in [9.17, 15) is 0 Å². The summed E-state index contributed by atoms with van der Waals surface area (Å²) in [4.78, 5) is 4.76. The van der Waals surface area contributed by atoms with Gasteiger partial charge in [-0.15, -0.1) is 11.3 Å². The summed E-state index contributed by atoms with van der Waals surface area (Å²) in [5, 5.41) is 4.83. The van der Waals surface area contributed by atoms with E-state index >= 15 is 0 Å². The van der Waals surface area contributed by atoms with Crippen LogP contribution in [0.4, 0.5) is 34.1 Å². The molecule has 0 N–H and O–H groups in total. The third-order valence-electron chi connectivity index (χ3n) is 23.4. The van der Waals surface area contributed by atoms with Gasteiger partial charge in [-0.05, 0) is 196 Å². The molecule has 0 saturated carbocycles. The van der Waals surface area contributed by atoms with Crippen molar-refractivity contribution < 1.29 is 4.42 Å². The highest BCUT2D eigenvalue weighted by Gasteiger charge is 2.49. The molecule has 2 aromatic heterocycles. The molecule has 2 aliphatic carbocycles. The quantitative estimate of drug-likeness (QED) is 0.108. The van der Waals surface area contributed by atoms with Crippen LogP contribution in [-0.2, 0) is 10.8 Å². The van der Waals surface area contributed by atoms with Gasteiger partial charge in [0.1, 0.15) is 11.2 Å². The zero-order valence-electron chi connectivity index (χ0n) is 62.4. The molecular formula is C110H74N2OS. The zero-order chi connectivity index (χ0) is 75.5. The summed E-state index contributed by atoms with van der Waals surface area (Å²) in [6.07, 6.45) is 0. The molecule has 3 nitrogen and oxygen atoms in total. The summed E-state index contributed by atoms with van der Waals surface area (Å²) in [7, 11) is 0. The molecule has 0 fully saturated rings. The topological polar surface area (TPSA) is 19.6 Å². The minimum Gasteiger partial charge on any atom is -0.456 e. The van der Waals surface area contributed by atoms with Crippen LogP contribution >= 0.6 is 11.3 Å². The average molecular weight is 1470 g/mol. The van der Waals surface area contributed by atoms with Gasteiger partial charge in [-0.3, -0.25) is 0 Å². The molecule has 20 aromatic rings. The lowest BCUT2D eigenvalue weighted by Gasteiger charge is -2.34. The van der Waals surface area contributed by atoms with E-state index in [1.807, 2.05) is 11.3 Å². The van der Waals surface area contributed by atoms with Crippen molar-refractivity contribution in [3.8, 4) is 66.8 Å². The molecule has 0 saturated heterocycles. The molecule has 4 heteroatoms. The predicted molar refractivity (Wildman–Crippen MR) is 479 cm³/mol. The Morgan fingerprint density at radius 1 is 0.193 bits per heavy atom. The standard InChI is InChI=1S/C55H37NO.C55H37NS/c2*1-4-17-38(18-5-1)40-21-14-25-43(35-40)56(44-26-15-22-41(36-44)39-19-6-2-7-20-39)45-33-34-48-53(37-45)57-52-32-16-31-51(54(48)52)55(42-23-8-3-9-24-42)49-29-12-10-27-46(49)47-28-11-13-30-50(47)55/h2*1-37H. The summed E-state index contributed by atoms with van der Waals surface area (Å²) >= 11 is 1.89. The highest BCUT2D eigenvalue weighted by molar-refractivity contribution is 7.25. The highest BCUT2D eigenvalue weighted by Crippen LogP contribution is 2.61. The first kappa shape index (κ1) is 67.7. The van der Waals surface area contributed by atoms with Gasteiger partial charge in [0.25, 0.3) is 0 Å². The van der Waals surface area contributed by atoms with Crippen LogP contribution in [-0.4, -0.2) is 0 Å². The molecule has 0 spiro atoms. The van der Waals surface area contributed by atoms with Crippen LogP contribution < -0.4 is 9.80 Å². The fourth-order valence-corrected chi connectivity index (χ4v) is 19.8. The van der Waals surface area contributed by atoms with Crippen molar-refractivity contribution in [1.29, 1.82) is 0 Å². The Bertz CT molecular complexity index is 6310. The number of furan rings is 1. The molecule has 0 aliphatic heterocycles. The molecule has 18 aromatic carbocycles. The van der Waals surface area contributed by atoms with Crippen molar-refractivity contribution in [3.05, 3.63) is 493 Å². The fourth-order valence-electron chi connectivity index (χ4n) is 18.6. The Hall–Kier alpha value is -14.4. The van der Waals surface area contributed by atoms with Gasteiger partial charge in [-0.2, -0.15) is 0 Å². The molecule has 0 radical (unpaired) electrons. The summed E-state index contributed by atoms with van der Waals surface area (Å²) in [6.45, 7) is 0. The van der Waals surface area contributed by atoms with E-state index in [4.69, 9.17) is 4.42 Å². The number of benzene rings is 18. The van der Waals surface area contributed by atoms with Crippen LogP contribution in [0.5, 0.6) is 0 Å². The van der Waals surface area contributed by atoms with Crippen molar-refractivity contribution in [1.82, 2.24) is 0 Å². The normalized spacial score (nSPS) is 12.7. The smallest absolute Gasteiger partial charge is 0.137 e. The monoisotopic (exact) mass is 1470 g/mol. The van der Waals surface area contributed by atoms with E-state index in [1.165, 1.54) is 120 Å². The number of anilines is 6. The molecule has 0 unspecified atom stereocenters. The van der Waals surface area contributed by atoms with Crippen LogP contribution in [0, 0.1) is 0 Å². The lowest BCUT2D eigenvalue weighted by molar-refractivity contribution is 0.667. The summed E-state index contributed by atoms with van der Waals surface area (Å²) < 4.78 is 9.49. The van der Waals surface area contributed by atoms with E-state index in [2.05, 4.69) is 459 Å². The fraction of sp³-hybridized carbons (Fsp3) is 0.0182. The molecule has 2 heterocycles. The number of fused-ring (bicyclic) bond motifs is 12. The Morgan fingerprint density at radius 2 is 0.491 bits per heavy atom. The molecular weight excluding hydrogens is 1400 g/mol. The Labute approximate surface area is 668 Å². The number of hydrogen-bond donors (Lipinski definition) is 0. The number of nitrogens with zero attached hydrogens (tertiary/aromatic N) is 2. The largest absolute Gasteiger partial charge is 0.456 e. The van der Waals surface area contributed by atoms with Gasteiger partial charge in [-0.25, -0.2) is 0 Å². The maximum atomic E-state index is 6.93. The Morgan fingerprint density at radius 3 is 0.886 bits per heavy atom. The zero-order valence-corrected chi connectivity index (χ0v) is 63.3. The minimum absolute atomic E-state index is 0.470. The maximum absolute atomic E-state index is 6.93. The first-order valence-corrected chi connectivity index (χ1v) is 40.0. The maximum Gasteiger partial charge on any atom is 0.137 e. The second-order valence-electron chi connectivity index (χ2n) is 29.7. The van der Waals surface area contributed by atoms with Crippen molar-refractivity contribution in [2.45, 2.75) is 10.8 Å². The van der Waals surface area contributed by atoms with Gasteiger partial charge >= 0.3 is 0 Å². The third kappa shape index (κ3) is 11.3. The van der Waals surface area contributed by atoms with Crippen LogP contribution in [0.25, 0.3) is 109 Å². The van der Waals surface area contributed by atoms with Gasteiger partial charge in [0.2, 0.25) is 0 Å². The second-order valence-corrected chi connectivity index (χ2v) is 30.8. The summed E-state index contributed by atoms with van der Waals surface area (Å²) in [6, 6.07) is 163. The van der Waals surface area contributed by atoms with Crippen molar-refractivity contribution in [3.63, 3.8) is 0 Å². The first-order valence-electron chi connectivity index (χ1n) is 39.2. The summed E-state index contributed by atoms with van der Waals surface area (Å²) in [5.41, 5.74) is 32.2. The second kappa shape index (κ2) is 28.5. The van der Waals surface area contributed by atoms with E-state index in [0.717, 1.165) is 67.2 Å². The molecule has 0 bridgehead atoms. The molecule has 22 rings (SSSR count). The molecule has 0 atom stereocenters. The van der Waals surface area contributed by atoms with Crippen LogP contribution in [0.2, 0.25) is 0 Å². The van der Waals surface area contributed by atoms with Gasteiger partial charge in [0.15, 0.2) is 0 Å². The molecule has 536 valence electrons. The minimum atomic E-state index is -0.536. The first-order chi connectivity index (χ1) is 56.5. The van der Waals surface area contributed by atoms with Gasteiger partial charge in [0, 0.05) is 71.1 Å². The average Bonchev–Trinajstić information content (AvgIpc) is 1.53. The van der Waals surface area contributed by atoms with E-state index < -0.39 is 10.8 Å². The van der Waals surface area contributed by atoms with Crippen molar-refractivity contribution in [2.24, 2.45) is 0 Å². The van der Waals surface area contributed by atoms with Crippen molar-refractivity contribution in [2.75, 3.05) is 9.80 Å². The molecule has 114 heavy (non-hydrogen) atoms. The van der Waals surface area contributed by atoms with Crippen LogP contribution in [0.3, 0.4) is 0 Å². The number of thiophene rings is 1. The molecule has 2 aliphatic rings. The molecule has 0 amide bonds. The predicted octanol–water partition coefficient (Wildman–Crippen LogP) is 30.0. The van der Waals surface area contributed by atoms with E-state index in [1.54, 1.807) is 0 Å². The third-order valence-corrected chi connectivity index (χ3v) is 24.6. The number of hydrogen-bond acceptors (Lipinski definition) is 4. The van der Waals surface area contributed by atoms with Crippen LogP contribution in [0.15, 0.2) is 453 Å². The number of rotatable bonds is 14. The Kier molecular flexibility index (Phi) is 16.9. The SMILES string of the molecule is c1ccc(-c2cccc(N(c3cccc(-c4ccccc4)c3)c3ccc4c(c3)oc3cccc(C5(c6ccccc6)c6ccccc6-c6ccccc65)c34)c2)cc1.c1ccc(-c2cccc(N(c3cccc(-c4ccccc4)c3)c3ccc4c(c3)sc3cccc(C5(c6ccccc6)c6ccccc6-c6ccccc65)c34)c2)cc1. The Balaban J connectivity index is 0.000000143. The van der Waals surface area contributed by atoms with E-state index in [0.29, 0.717) is 0 Å². The van der Waals surface area contributed by atoms with Gasteiger partial charge in [0.05, 0.1) is 10.8 Å². The summed E-state index contributed by atoms with van der Waals surface area (Å²) in [5.74, 6) is 0. The van der Waals surface area contributed by atoms with Crippen molar-refractivity contribution >= 4 is 87.6 Å². The van der Waals surface area contributed by atoms with Gasteiger partial charge < -0.3 is 14.2 Å². The van der Waals surface area contributed by atoms with E-state index in [-0.39, 0.29) is 0 Å². The lowest BCUT2D eigenvalue weighted by atomic mass is 9.66. The lowest BCUT2D eigenvalue weighted by Crippen LogP contribution is -2.28. The highest BCUT2D eigenvalue weighted by atomic mass is 32.1. The van der Waals surface area contributed by atoms with Crippen LogP contribution in [0.1, 0.15) is 44.5 Å². The van der Waals surface area contributed by atoms with Gasteiger partial charge in [-0.1, -0.05) is 358 Å².